The summed E-state index contributed by atoms with van der Waals surface area (Å²) in [4.78, 5) is 11.0. The summed E-state index contributed by atoms with van der Waals surface area (Å²) in [5.41, 5.74) is 0.243. The summed E-state index contributed by atoms with van der Waals surface area (Å²) in [6.07, 6.45) is 3.23. The molecule has 0 aromatic heterocycles. The molecule has 1 aliphatic carbocycles. The molecule has 2 fully saturated rings. The zero-order valence-corrected chi connectivity index (χ0v) is 9.79. The van der Waals surface area contributed by atoms with Crippen LogP contribution in [0.5, 0.6) is 0 Å². The molecule has 3 nitrogen and oxygen atoms in total. The maximum Gasteiger partial charge on any atom is 0.320 e. The van der Waals surface area contributed by atoms with Crippen molar-refractivity contribution in [2.24, 2.45) is 17.3 Å². The van der Waals surface area contributed by atoms with Crippen LogP contribution in [0, 0.1) is 17.3 Å². The van der Waals surface area contributed by atoms with Gasteiger partial charge in [-0.15, -0.1) is 0 Å². The summed E-state index contributed by atoms with van der Waals surface area (Å²) < 4.78 is 0. The van der Waals surface area contributed by atoms with Crippen molar-refractivity contribution >= 4 is 5.97 Å². The Morgan fingerprint density at radius 1 is 1.40 bits per heavy atom. The first kappa shape index (κ1) is 10.9. The van der Waals surface area contributed by atoms with Gasteiger partial charge in [-0.3, -0.25) is 4.79 Å². The van der Waals surface area contributed by atoms with Gasteiger partial charge >= 0.3 is 5.97 Å². The van der Waals surface area contributed by atoms with E-state index in [4.69, 9.17) is 5.11 Å². The van der Waals surface area contributed by atoms with Crippen LogP contribution in [0.1, 0.15) is 40.0 Å². The number of fused-ring (bicyclic) bond motifs is 1. The molecule has 0 radical (unpaired) electrons. The molecule has 5 atom stereocenters. The molecule has 2 N–H and O–H groups in total. The quantitative estimate of drug-likeness (QED) is 0.696. The Kier molecular flexibility index (Phi) is 2.53. The first-order valence-corrected chi connectivity index (χ1v) is 5.91. The topological polar surface area (TPSA) is 49.3 Å². The molecule has 0 aromatic rings. The Morgan fingerprint density at radius 3 is 2.67 bits per heavy atom. The number of carbonyl (C=O) groups is 1. The van der Waals surface area contributed by atoms with Crippen LogP contribution in [0.15, 0.2) is 0 Å². The van der Waals surface area contributed by atoms with Crippen LogP contribution >= 0.6 is 0 Å². The highest BCUT2D eigenvalue weighted by molar-refractivity contribution is 5.73. The van der Waals surface area contributed by atoms with E-state index >= 15 is 0 Å². The molecule has 1 aliphatic heterocycles. The predicted molar refractivity (Wildman–Crippen MR) is 58.6 cm³/mol. The van der Waals surface area contributed by atoms with E-state index in [-0.39, 0.29) is 11.5 Å². The second-order valence-corrected chi connectivity index (χ2v) is 5.86. The van der Waals surface area contributed by atoms with E-state index in [2.05, 4.69) is 26.1 Å². The van der Waals surface area contributed by atoms with E-state index in [0.29, 0.717) is 12.0 Å². The van der Waals surface area contributed by atoms with Crippen LogP contribution in [-0.2, 0) is 4.79 Å². The highest BCUT2D eigenvalue weighted by Crippen LogP contribution is 2.52. The van der Waals surface area contributed by atoms with Gasteiger partial charge in [0.25, 0.3) is 0 Å². The third-order valence-corrected chi connectivity index (χ3v) is 4.40. The second kappa shape index (κ2) is 3.48. The highest BCUT2D eigenvalue weighted by atomic mass is 16.4. The van der Waals surface area contributed by atoms with Crippen molar-refractivity contribution in [1.29, 1.82) is 0 Å². The van der Waals surface area contributed by atoms with Crippen molar-refractivity contribution in [2.45, 2.75) is 52.1 Å². The van der Waals surface area contributed by atoms with Gasteiger partial charge in [0.05, 0.1) is 0 Å². The lowest BCUT2D eigenvalue weighted by Crippen LogP contribution is -2.55. The molecule has 1 heterocycles. The Balaban J connectivity index is 2.19. The fourth-order valence-corrected chi connectivity index (χ4v) is 3.91. The van der Waals surface area contributed by atoms with Crippen molar-refractivity contribution in [1.82, 2.24) is 5.32 Å². The molecule has 0 aromatic carbocycles. The molecule has 0 amide bonds. The molecule has 3 heteroatoms. The lowest BCUT2D eigenvalue weighted by Gasteiger charge is -2.44. The molecular weight excluding hydrogens is 190 g/mol. The minimum atomic E-state index is -0.693. The van der Waals surface area contributed by atoms with Gasteiger partial charge in [0.2, 0.25) is 0 Å². The average Bonchev–Trinajstić information content (AvgIpc) is 2.40. The second-order valence-electron chi connectivity index (χ2n) is 5.86. The normalized spacial score (nSPS) is 50.1. The van der Waals surface area contributed by atoms with Crippen LogP contribution < -0.4 is 5.32 Å². The van der Waals surface area contributed by atoms with E-state index in [9.17, 15) is 4.79 Å². The van der Waals surface area contributed by atoms with Gasteiger partial charge in [0.15, 0.2) is 0 Å². The van der Waals surface area contributed by atoms with Crippen LogP contribution in [0.4, 0.5) is 0 Å². The molecule has 15 heavy (non-hydrogen) atoms. The van der Waals surface area contributed by atoms with Crippen molar-refractivity contribution in [3.05, 3.63) is 0 Å². The number of carboxylic acids is 1. The summed E-state index contributed by atoms with van der Waals surface area (Å²) >= 11 is 0. The summed E-state index contributed by atoms with van der Waals surface area (Å²) in [6, 6.07) is 0.00125. The number of nitrogens with one attached hydrogen (secondary N) is 1. The number of rotatable bonds is 1. The number of aliphatic carboxylic acids is 1. The lowest BCUT2D eigenvalue weighted by atomic mass is 9.69. The number of piperidine rings is 1. The van der Waals surface area contributed by atoms with Crippen LogP contribution in [0.2, 0.25) is 0 Å². The smallest absolute Gasteiger partial charge is 0.320 e. The molecule has 86 valence electrons. The SMILES string of the molecule is CC1N[C@H](C(=O)O)CC2(C)C[C@H](C)CC12. The monoisotopic (exact) mass is 211 g/mol. The first-order valence-electron chi connectivity index (χ1n) is 5.91. The summed E-state index contributed by atoms with van der Waals surface area (Å²) in [7, 11) is 0. The fraction of sp³-hybridized carbons (Fsp3) is 0.917. The zero-order valence-electron chi connectivity index (χ0n) is 9.79. The maximum atomic E-state index is 11.0. The van der Waals surface area contributed by atoms with E-state index in [1.807, 2.05) is 0 Å². The van der Waals surface area contributed by atoms with Crippen LogP contribution in [-0.4, -0.2) is 23.2 Å². The molecule has 1 saturated heterocycles. The molecular formula is C12H21NO2. The van der Waals surface area contributed by atoms with E-state index in [1.54, 1.807) is 0 Å². The van der Waals surface area contributed by atoms with Crippen LogP contribution in [0.3, 0.4) is 0 Å². The Morgan fingerprint density at radius 2 is 2.07 bits per heavy atom. The van der Waals surface area contributed by atoms with Crippen molar-refractivity contribution in [3.8, 4) is 0 Å². The lowest BCUT2D eigenvalue weighted by molar-refractivity contribution is -0.142. The molecule has 0 spiro atoms. The summed E-state index contributed by atoms with van der Waals surface area (Å²) in [6.45, 7) is 6.69. The number of hydrogen-bond acceptors (Lipinski definition) is 2. The van der Waals surface area contributed by atoms with Gasteiger partial charge in [-0.25, -0.2) is 0 Å². The van der Waals surface area contributed by atoms with Gasteiger partial charge < -0.3 is 10.4 Å². The first-order chi connectivity index (χ1) is 6.92. The van der Waals surface area contributed by atoms with E-state index < -0.39 is 5.97 Å². The molecule has 1 saturated carbocycles. The zero-order chi connectivity index (χ0) is 11.2. The Labute approximate surface area is 91.2 Å². The van der Waals surface area contributed by atoms with Crippen molar-refractivity contribution in [3.63, 3.8) is 0 Å². The Bertz CT molecular complexity index is 279. The predicted octanol–water partition coefficient (Wildman–Crippen LogP) is 1.87. The number of carboxylic acid groups (broad SMARTS) is 1. The Hall–Kier alpha value is -0.570. The molecule has 2 aliphatic rings. The van der Waals surface area contributed by atoms with Gasteiger partial charge in [0.1, 0.15) is 6.04 Å². The van der Waals surface area contributed by atoms with E-state index in [1.165, 1.54) is 12.8 Å². The third kappa shape index (κ3) is 1.78. The highest BCUT2D eigenvalue weighted by Gasteiger charge is 2.50. The minimum Gasteiger partial charge on any atom is -0.480 e. The van der Waals surface area contributed by atoms with Gasteiger partial charge in [-0.05, 0) is 43.4 Å². The summed E-state index contributed by atoms with van der Waals surface area (Å²) in [5, 5.41) is 12.3. The average molecular weight is 211 g/mol. The van der Waals surface area contributed by atoms with Gasteiger partial charge in [-0.1, -0.05) is 13.8 Å². The largest absolute Gasteiger partial charge is 0.480 e. The van der Waals surface area contributed by atoms with Crippen molar-refractivity contribution in [2.75, 3.05) is 0 Å². The molecule has 3 unspecified atom stereocenters. The van der Waals surface area contributed by atoms with Gasteiger partial charge in [0, 0.05) is 6.04 Å². The standard InChI is InChI=1S/C12H21NO2/c1-7-4-9-8(2)13-10(11(14)15)6-12(9,3)5-7/h7-10,13H,4-6H2,1-3H3,(H,14,15)/t7-,8?,9?,10+,12?/m1/s1. The van der Waals surface area contributed by atoms with Crippen LogP contribution in [0.25, 0.3) is 0 Å². The number of hydrogen-bond donors (Lipinski definition) is 2. The molecule has 0 bridgehead atoms. The maximum absolute atomic E-state index is 11.0. The summed E-state index contributed by atoms with van der Waals surface area (Å²) in [5.74, 6) is 0.709. The van der Waals surface area contributed by atoms with E-state index in [0.717, 1.165) is 12.3 Å². The molecule has 2 rings (SSSR count). The van der Waals surface area contributed by atoms with Gasteiger partial charge in [-0.2, -0.15) is 0 Å². The fourth-order valence-electron chi connectivity index (χ4n) is 3.91. The van der Waals surface area contributed by atoms with Crippen molar-refractivity contribution < 1.29 is 9.90 Å². The minimum absolute atomic E-state index is 0.243. The third-order valence-electron chi connectivity index (χ3n) is 4.40.